The van der Waals surface area contributed by atoms with E-state index in [1.807, 2.05) is 24.3 Å². The number of carbonyl (C=O) groups excluding carboxylic acids is 1. The first-order valence-corrected chi connectivity index (χ1v) is 7.38. The van der Waals surface area contributed by atoms with Gasteiger partial charge in [0.1, 0.15) is 5.75 Å². The van der Waals surface area contributed by atoms with E-state index in [0.29, 0.717) is 11.8 Å². The van der Waals surface area contributed by atoms with Crippen molar-refractivity contribution in [3.05, 3.63) is 29.8 Å². The van der Waals surface area contributed by atoms with E-state index in [0.717, 1.165) is 12.5 Å². The fraction of sp³-hybridized carbons (Fsp3) is 0.562. The second-order valence-electron chi connectivity index (χ2n) is 5.61. The van der Waals surface area contributed by atoms with Crippen LogP contribution in [-0.2, 0) is 11.3 Å². The van der Waals surface area contributed by atoms with E-state index in [2.05, 4.69) is 12.2 Å². The van der Waals surface area contributed by atoms with Crippen molar-refractivity contribution in [2.24, 2.45) is 11.7 Å². The number of carbonyl (C=O) groups is 1. The van der Waals surface area contributed by atoms with Gasteiger partial charge in [-0.25, -0.2) is 0 Å². The summed E-state index contributed by atoms with van der Waals surface area (Å²) in [5, 5.41) is 3.60. The van der Waals surface area contributed by atoms with Gasteiger partial charge >= 0.3 is 0 Å². The molecule has 4 heteroatoms. The molecule has 1 aromatic carbocycles. The first-order valence-electron chi connectivity index (χ1n) is 7.38. The monoisotopic (exact) mass is 276 g/mol. The Balaban J connectivity index is 1.76. The summed E-state index contributed by atoms with van der Waals surface area (Å²) in [6.07, 6.45) is 5.47. The van der Waals surface area contributed by atoms with Crippen LogP contribution < -0.4 is 15.8 Å². The predicted molar refractivity (Wildman–Crippen MR) is 79.4 cm³/mol. The third-order valence-corrected chi connectivity index (χ3v) is 4.04. The van der Waals surface area contributed by atoms with Crippen LogP contribution in [0.3, 0.4) is 0 Å². The highest BCUT2D eigenvalue weighted by Crippen LogP contribution is 2.27. The molecule has 0 radical (unpaired) electrons. The van der Waals surface area contributed by atoms with Crippen LogP contribution in [0.5, 0.6) is 5.75 Å². The standard InChI is InChI=1S/C16H24N2O2/c1-12(14-4-2-3-5-14)18-10-13-6-8-15(9-7-13)20-11-16(17)19/h6-9,12,14,18H,2-5,10-11H2,1H3,(H2,17,19)/t12-/m0/s1. The maximum Gasteiger partial charge on any atom is 0.255 e. The van der Waals surface area contributed by atoms with Crippen LogP contribution in [0.4, 0.5) is 0 Å². The Morgan fingerprint density at radius 1 is 1.35 bits per heavy atom. The van der Waals surface area contributed by atoms with Crippen molar-refractivity contribution in [3.8, 4) is 5.75 Å². The number of hydrogen-bond acceptors (Lipinski definition) is 3. The molecule has 0 aliphatic heterocycles. The minimum absolute atomic E-state index is 0.0731. The Morgan fingerprint density at radius 2 is 2.00 bits per heavy atom. The zero-order valence-electron chi connectivity index (χ0n) is 12.1. The number of rotatable bonds is 7. The average molecular weight is 276 g/mol. The zero-order valence-corrected chi connectivity index (χ0v) is 12.1. The van der Waals surface area contributed by atoms with E-state index in [4.69, 9.17) is 10.5 Å². The summed E-state index contributed by atoms with van der Waals surface area (Å²) >= 11 is 0. The molecule has 1 fully saturated rings. The molecule has 1 saturated carbocycles. The van der Waals surface area contributed by atoms with Crippen LogP contribution in [-0.4, -0.2) is 18.6 Å². The van der Waals surface area contributed by atoms with E-state index in [1.54, 1.807) is 0 Å². The van der Waals surface area contributed by atoms with Crippen molar-refractivity contribution in [1.82, 2.24) is 5.32 Å². The number of ether oxygens (including phenoxy) is 1. The van der Waals surface area contributed by atoms with Crippen LogP contribution in [0.25, 0.3) is 0 Å². The molecule has 0 spiro atoms. The van der Waals surface area contributed by atoms with Gasteiger partial charge in [-0.2, -0.15) is 0 Å². The van der Waals surface area contributed by atoms with Crippen LogP contribution >= 0.6 is 0 Å². The fourth-order valence-corrected chi connectivity index (χ4v) is 2.76. The van der Waals surface area contributed by atoms with E-state index in [9.17, 15) is 4.79 Å². The highest BCUT2D eigenvalue weighted by Gasteiger charge is 2.20. The molecule has 0 heterocycles. The number of primary amides is 1. The summed E-state index contributed by atoms with van der Waals surface area (Å²) in [5.74, 6) is 1.05. The molecule has 1 atom stereocenters. The fourth-order valence-electron chi connectivity index (χ4n) is 2.76. The summed E-state index contributed by atoms with van der Waals surface area (Å²) in [7, 11) is 0. The highest BCUT2D eigenvalue weighted by molar-refractivity contribution is 5.75. The Morgan fingerprint density at radius 3 is 2.60 bits per heavy atom. The van der Waals surface area contributed by atoms with Crippen molar-refractivity contribution >= 4 is 5.91 Å². The third-order valence-electron chi connectivity index (χ3n) is 4.04. The van der Waals surface area contributed by atoms with Crippen LogP contribution in [0.15, 0.2) is 24.3 Å². The van der Waals surface area contributed by atoms with Gasteiger partial charge in [0.05, 0.1) is 0 Å². The van der Waals surface area contributed by atoms with Gasteiger partial charge in [-0.1, -0.05) is 25.0 Å². The lowest BCUT2D eigenvalue weighted by molar-refractivity contribution is -0.119. The SMILES string of the molecule is C[C@H](NCc1ccc(OCC(N)=O)cc1)C1CCCC1. The van der Waals surface area contributed by atoms with E-state index in [-0.39, 0.29) is 6.61 Å². The van der Waals surface area contributed by atoms with Crippen molar-refractivity contribution < 1.29 is 9.53 Å². The number of benzene rings is 1. The molecule has 0 bridgehead atoms. The number of nitrogens with one attached hydrogen (secondary N) is 1. The van der Waals surface area contributed by atoms with Crippen molar-refractivity contribution in [3.63, 3.8) is 0 Å². The highest BCUT2D eigenvalue weighted by atomic mass is 16.5. The predicted octanol–water partition coefficient (Wildman–Crippen LogP) is 2.22. The van der Waals surface area contributed by atoms with Gasteiger partial charge in [-0.3, -0.25) is 4.79 Å². The van der Waals surface area contributed by atoms with Gasteiger partial charge in [-0.05, 0) is 43.4 Å². The van der Waals surface area contributed by atoms with Crippen molar-refractivity contribution in [2.45, 2.75) is 45.2 Å². The van der Waals surface area contributed by atoms with Crippen molar-refractivity contribution in [1.29, 1.82) is 0 Å². The first-order chi connectivity index (χ1) is 9.65. The third kappa shape index (κ3) is 4.53. The van der Waals surface area contributed by atoms with E-state index >= 15 is 0 Å². The first kappa shape index (κ1) is 14.9. The second kappa shape index (κ2) is 7.29. The van der Waals surface area contributed by atoms with Gasteiger partial charge in [-0.15, -0.1) is 0 Å². The van der Waals surface area contributed by atoms with E-state index in [1.165, 1.54) is 31.2 Å². The lowest BCUT2D eigenvalue weighted by Crippen LogP contribution is -2.31. The molecule has 0 saturated heterocycles. The summed E-state index contributed by atoms with van der Waals surface area (Å²) in [5.41, 5.74) is 6.26. The normalized spacial score (nSPS) is 17.1. The Labute approximate surface area is 120 Å². The molecule has 1 aromatic rings. The maximum atomic E-state index is 10.6. The molecule has 0 aromatic heterocycles. The van der Waals surface area contributed by atoms with Crippen LogP contribution in [0.2, 0.25) is 0 Å². The lowest BCUT2D eigenvalue weighted by atomic mass is 9.99. The topological polar surface area (TPSA) is 64.3 Å². The molecule has 110 valence electrons. The Hall–Kier alpha value is -1.55. The number of nitrogens with two attached hydrogens (primary N) is 1. The summed E-state index contributed by atoms with van der Waals surface area (Å²) < 4.78 is 5.23. The average Bonchev–Trinajstić information content (AvgIpc) is 2.98. The van der Waals surface area contributed by atoms with Gasteiger partial charge < -0.3 is 15.8 Å². The molecule has 20 heavy (non-hydrogen) atoms. The van der Waals surface area contributed by atoms with Gasteiger partial charge in [0.2, 0.25) is 0 Å². The summed E-state index contributed by atoms with van der Waals surface area (Å²) in [6.45, 7) is 3.07. The zero-order chi connectivity index (χ0) is 14.4. The lowest BCUT2D eigenvalue weighted by Gasteiger charge is -2.20. The van der Waals surface area contributed by atoms with Crippen LogP contribution in [0.1, 0.15) is 38.2 Å². The Bertz CT molecular complexity index is 425. The minimum atomic E-state index is -0.457. The number of amides is 1. The molecule has 2 rings (SSSR count). The molecule has 1 aliphatic rings. The molecular weight excluding hydrogens is 252 g/mol. The quantitative estimate of drug-likeness (QED) is 0.802. The Kier molecular flexibility index (Phi) is 5.41. The van der Waals surface area contributed by atoms with Gasteiger partial charge in [0, 0.05) is 12.6 Å². The molecular formula is C16H24N2O2. The maximum absolute atomic E-state index is 10.6. The van der Waals surface area contributed by atoms with Crippen LogP contribution in [0, 0.1) is 5.92 Å². The second-order valence-corrected chi connectivity index (χ2v) is 5.61. The van der Waals surface area contributed by atoms with E-state index < -0.39 is 5.91 Å². The molecule has 1 amide bonds. The largest absolute Gasteiger partial charge is 0.484 e. The summed E-state index contributed by atoms with van der Waals surface area (Å²) in [6, 6.07) is 8.36. The van der Waals surface area contributed by atoms with Gasteiger partial charge in [0.15, 0.2) is 6.61 Å². The number of hydrogen-bond donors (Lipinski definition) is 2. The molecule has 3 N–H and O–H groups in total. The van der Waals surface area contributed by atoms with Crippen molar-refractivity contribution in [2.75, 3.05) is 6.61 Å². The minimum Gasteiger partial charge on any atom is -0.484 e. The summed E-state index contributed by atoms with van der Waals surface area (Å²) in [4.78, 5) is 10.6. The van der Waals surface area contributed by atoms with Gasteiger partial charge in [0.25, 0.3) is 5.91 Å². The smallest absolute Gasteiger partial charge is 0.255 e. The molecule has 1 aliphatic carbocycles. The molecule has 4 nitrogen and oxygen atoms in total. The molecule has 0 unspecified atom stereocenters.